The summed E-state index contributed by atoms with van der Waals surface area (Å²) < 4.78 is 40.6. The highest BCUT2D eigenvalue weighted by atomic mass is 19.4. The second-order valence-electron chi connectivity index (χ2n) is 7.63. The molecule has 27 heavy (non-hydrogen) atoms. The quantitative estimate of drug-likeness (QED) is 0.617. The molecule has 0 bridgehead atoms. The predicted octanol–water partition coefficient (Wildman–Crippen LogP) is 2.83. The summed E-state index contributed by atoms with van der Waals surface area (Å²) >= 11 is 0. The zero-order valence-electron chi connectivity index (χ0n) is 16.0. The zero-order chi connectivity index (χ0) is 19.4. The molecular weight excluding hydrogens is 357 g/mol. The van der Waals surface area contributed by atoms with Crippen molar-refractivity contribution in [2.75, 3.05) is 13.1 Å². The first-order chi connectivity index (χ1) is 12.9. The minimum Gasteiger partial charge on any atom is -0.357 e. The van der Waals surface area contributed by atoms with E-state index in [1.54, 1.807) is 0 Å². The molecule has 1 aromatic heterocycles. The van der Waals surface area contributed by atoms with Crippen LogP contribution in [0.25, 0.3) is 0 Å². The molecule has 0 amide bonds. The number of halogens is 3. The lowest BCUT2D eigenvalue weighted by molar-refractivity contribution is -0.182. The van der Waals surface area contributed by atoms with Gasteiger partial charge in [-0.25, -0.2) is 0 Å². The van der Waals surface area contributed by atoms with Crippen LogP contribution in [0.2, 0.25) is 0 Å². The van der Waals surface area contributed by atoms with E-state index < -0.39 is 12.1 Å². The summed E-state index contributed by atoms with van der Waals surface area (Å²) in [6.07, 6.45) is -0.686. The fraction of sp³-hybridized carbons (Fsp3) is 0.833. The van der Waals surface area contributed by atoms with Crippen LogP contribution in [0.1, 0.15) is 50.7 Å². The number of rotatable bonds is 4. The zero-order valence-corrected chi connectivity index (χ0v) is 16.0. The Hall–Kier alpha value is -1.80. The molecule has 2 aliphatic rings. The minimum atomic E-state index is -4.07. The van der Waals surface area contributed by atoms with Crippen molar-refractivity contribution in [3.8, 4) is 0 Å². The molecule has 6 nitrogen and oxygen atoms in total. The largest absolute Gasteiger partial charge is 0.391 e. The van der Waals surface area contributed by atoms with Crippen molar-refractivity contribution < 1.29 is 13.2 Å². The summed E-state index contributed by atoms with van der Waals surface area (Å²) in [4.78, 5) is 4.70. The van der Waals surface area contributed by atoms with Gasteiger partial charge in [0, 0.05) is 32.1 Å². The van der Waals surface area contributed by atoms with E-state index in [2.05, 4.69) is 25.4 Å². The van der Waals surface area contributed by atoms with Gasteiger partial charge in [0.1, 0.15) is 11.6 Å². The highest BCUT2D eigenvalue weighted by Crippen LogP contribution is 2.37. The van der Waals surface area contributed by atoms with Gasteiger partial charge in [0.15, 0.2) is 5.96 Å². The van der Waals surface area contributed by atoms with Crippen LogP contribution >= 0.6 is 0 Å². The molecule has 1 fully saturated rings. The molecule has 1 aromatic rings. The van der Waals surface area contributed by atoms with Crippen molar-refractivity contribution in [3.63, 3.8) is 0 Å². The molecule has 2 heterocycles. The van der Waals surface area contributed by atoms with Crippen LogP contribution in [-0.4, -0.2) is 46.0 Å². The molecule has 152 valence electrons. The molecule has 1 atom stereocenters. The second kappa shape index (κ2) is 8.48. The van der Waals surface area contributed by atoms with E-state index in [0.717, 1.165) is 37.6 Å². The predicted molar refractivity (Wildman–Crippen MR) is 97.5 cm³/mol. The second-order valence-corrected chi connectivity index (χ2v) is 7.63. The van der Waals surface area contributed by atoms with E-state index >= 15 is 0 Å². The summed E-state index contributed by atoms with van der Waals surface area (Å²) in [5.41, 5.74) is 0. The molecule has 3 rings (SSSR count). The fourth-order valence-electron chi connectivity index (χ4n) is 3.98. The Kier molecular flexibility index (Phi) is 6.26. The summed E-state index contributed by atoms with van der Waals surface area (Å²) in [5, 5.41) is 14.9. The van der Waals surface area contributed by atoms with E-state index in [4.69, 9.17) is 4.99 Å². The topological polar surface area (TPSA) is 67.1 Å². The van der Waals surface area contributed by atoms with Crippen molar-refractivity contribution in [2.45, 2.75) is 71.1 Å². The van der Waals surface area contributed by atoms with E-state index in [1.807, 2.05) is 13.8 Å². The average molecular weight is 386 g/mol. The summed E-state index contributed by atoms with van der Waals surface area (Å²) in [5.74, 6) is 1.95. The highest BCUT2D eigenvalue weighted by Gasteiger charge is 2.41. The Bertz CT molecular complexity index is 646. The Morgan fingerprint density at radius 1 is 1.19 bits per heavy atom. The van der Waals surface area contributed by atoms with E-state index in [1.165, 1.54) is 0 Å². The van der Waals surface area contributed by atoms with Gasteiger partial charge in [-0.2, -0.15) is 13.2 Å². The van der Waals surface area contributed by atoms with Crippen molar-refractivity contribution in [2.24, 2.45) is 16.8 Å². The normalized spacial score (nSPS) is 26.6. The number of hydrogen-bond acceptors (Lipinski definition) is 3. The smallest absolute Gasteiger partial charge is 0.357 e. The van der Waals surface area contributed by atoms with E-state index in [9.17, 15) is 13.2 Å². The average Bonchev–Trinajstić information content (AvgIpc) is 3.00. The Morgan fingerprint density at radius 3 is 2.59 bits per heavy atom. The van der Waals surface area contributed by atoms with Crippen LogP contribution in [0.5, 0.6) is 0 Å². The molecule has 1 saturated carbocycles. The number of nitrogens with one attached hydrogen (secondary N) is 2. The fourth-order valence-corrected chi connectivity index (χ4v) is 3.98. The summed E-state index contributed by atoms with van der Waals surface area (Å²) in [7, 11) is 0. The van der Waals surface area contributed by atoms with Gasteiger partial charge in [-0.3, -0.25) is 4.99 Å². The van der Waals surface area contributed by atoms with Gasteiger partial charge in [-0.05, 0) is 51.9 Å². The molecular formula is C18H29F3N6. The van der Waals surface area contributed by atoms with Gasteiger partial charge in [0.05, 0.1) is 5.92 Å². The highest BCUT2D eigenvalue weighted by molar-refractivity contribution is 5.80. The molecule has 0 aromatic carbocycles. The third kappa shape index (κ3) is 5.13. The van der Waals surface area contributed by atoms with Crippen molar-refractivity contribution in [3.05, 3.63) is 11.6 Å². The maximum atomic E-state index is 12.8. The Morgan fingerprint density at radius 2 is 1.93 bits per heavy atom. The number of aromatic nitrogens is 3. The summed E-state index contributed by atoms with van der Waals surface area (Å²) in [6, 6.07) is 0.0550. The number of nitrogens with zero attached hydrogens (tertiary/aromatic N) is 4. The van der Waals surface area contributed by atoms with E-state index in [0.29, 0.717) is 31.3 Å². The lowest BCUT2D eigenvalue weighted by atomic mass is 9.85. The van der Waals surface area contributed by atoms with E-state index in [-0.39, 0.29) is 18.9 Å². The van der Waals surface area contributed by atoms with Gasteiger partial charge in [0.25, 0.3) is 0 Å². The van der Waals surface area contributed by atoms with Crippen LogP contribution < -0.4 is 10.6 Å². The molecule has 1 aliphatic carbocycles. The lowest BCUT2D eigenvalue weighted by Crippen LogP contribution is -2.46. The molecule has 2 N–H and O–H groups in total. The number of aryl methyl sites for hydroxylation is 2. The SMILES string of the molecule is CCNC(=NCC1CCc2nnc(C)n2C1)NC1CCC(C(F)(F)F)CC1. The van der Waals surface area contributed by atoms with Gasteiger partial charge in [-0.1, -0.05) is 0 Å². The first-order valence-corrected chi connectivity index (χ1v) is 9.87. The standard InChI is InChI=1S/C18H29F3N6/c1-3-22-17(24-15-7-5-14(6-8-15)18(19,20)21)23-10-13-4-9-16-26-25-12(2)27(16)11-13/h13-15H,3-11H2,1-2H3,(H2,22,23,24). The maximum Gasteiger partial charge on any atom is 0.391 e. The number of alkyl halides is 3. The third-order valence-corrected chi connectivity index (χ3v) is 5.61. The molecule has 0 spiro atoms. The van der Waals surface area contributed by atoms with Crippen molar-refractivity contribution in [1.82, 2.24) is 25.4 Å². The molecule has 0 radical (unpaired) electrons. The first kappa shape index (κ1) is 19.9. The first-order valence-electron chi connectivity index (χ1n) is 9.87. The Balaban J connectivity index is 1.52. The Labute approximate surface area is 158 Å². The van der Waals surface area contributed by atoms with Crippen LogP contribution in [-0.2, 0) is 13.0 Å². The lowest BCUT2D eigenvalue weighted by Gasteiger charge is -2.31. The van der Waals surface area contributed by atoms with Gasteiger partial charge >= 0.3 is 6.18 Å². The maximum absolute atomic E-state index is 12.8. The molecule has 0 saturated heterocycles. The van der Waals surface area contributed by atoms with Crippen LogP contribution in [0.4, 0.5) is 13.2 Å². The van der Waals surface area contributed by atoms with Crippen LogP contribution in [0.15, 0.2) is 4.99 Å². The molecule has 1 aliphatic heterocycles. The van der Waals surface area contributed by atoms with Crippen LogP contribution in [0.3, 0.4) is 0 Å². The van der Waals surface area contributed by atoms with Gasteiger partial charge in [-0.15, -0.1) is 10.2 Å². The number of aliphatic imine (C=N–C) groups is 1. The van der Waals surface area contributed by atoms with Crippen molar-refractivity contribution in [1.29, 1.82) is 0 Å². The van der Waals surface area contributed by atoms with Crippen molar-refractivity contribution >= 4 is 5.96 Å². The molecule has 9 heteroatoms. The van der Waals surface area contributed by atoms with Gasteiger partial charge in [0.2, 0.25) is 0 Å². The number of guanidine groups is 1. The monoisotopic (exact) mass is 386 g/mol. The summed E-state index contributed by atoms with van der Waals surface area (Å²) in [6.45, 7) is 6.23. The molecule has 1 unspecified atom stereocenters. The number of hydrogen-bond donors (Lipinski definition) is 2. The number of fused-ring (bicyclic) bond motifs is 1. The van der Waals surface area contributed by atoms with Crippen LogP contribution in [0, 0.1) is 18.8 Å². The minimum absolute atomic E-state index is 0.0550. The van der Waals surface area contributed by atoms with Gasteiger partial charge < -0.3 is 15.2 Å². The third-order valence-electron chi connectivity index (χ3n) is 5.61.